The van der Waals surface area contributed by atoms with Crippen LogP contribution >= 0.6 is 0 Å². The molecule has 26 heavy (non-hydrogen) atoms. The molecule has 0 spiro atoms. The molecular formula is C18H16F4N2O2. The van der Waals surface area contributed by atoms with Gasteiger partial charge in [-0.15, -0.1) is 0 Å². The molecular weight excluding hydrogens is 352 g/mol. The maximum Gasteiger partial charge on any atom is 0.449 e. The third-order valence-electron chi connectivity index (χ3n) is 4.11. The Labute approximate surface area is 146 Å². The maximum absolute atomic E-state index is 13.8. The second kappa shape index (κ2) is 6.51. The quantitative estimate of drug-likeness (QED) is 0.671. The summed E-state index contributed by atoms with van der Waals surface area (Å²) in [7, 11) is 0. The minimum atomic E-state index is -4.63. The third kappa shape index (κ3) is 3.44. The van der Waals surface area contributed by atoms with E-state index in [1.165, 1.54) is 25.1 Å². The Kier molecular flexibility index (Phi) is 4.52. The predicted octanol–water partition coefficient (Wildman–Crippen LogP) is 4.39. The second-order valence-corrected chi connectivity index (χ2v) is 6.05. The van der Waals surface area contributed by atoms with Gasteiger partial charge in [-0.2, -0.15) is 13.2 Å². The van der Waals surface area contributed by atoms with E-state index in [-0.39, 0.29) is 24.3 Å². The van der Waals surface area contributed by atoms with Crippen LogP contribution in [0.1, 0.15) is 28.3 Å². The number of benzene rings is 1. The number of carbonyl (C=O) groups is 1. The first-order chi connectivity index (χ1) is 12.2. The molecule has 0 aliphatic carbocycles. The number of nitrogens with one attached hydrogen (secondary N) is 2. The number of rotatable bonds is 4. The normalized spacial score (nSPS) is 11.9. The highest BCUT2D eigenvalue weighted by molar-refractivity contribution is 5.90. The summed E-state index contributed by atoms with van der Waals surface area (Å²) < 4.78 is 57.2. The Morgan fingerprint density at radius 2 is 2.00 bits per heavy atom. The molecule has 8 heteroatoms. The zero-order chi connectivity index (χ0) is 19.1. The number of aromatic nitrogens is 1. The van der Waals surface area contributed by atoms with Crippen LogP contribution in [0.2, 0.25) is 0 Å². The van der Waals surface area contributed by atoms with Crippen LogP contribution in [-0.2, 0) is 23.9 Å². The van der Waals surface area contributed by atoms with Crippen molar-refractivity contribution in [1.82, 2.24) is 10.3 Å². The van der Waals surface area contributed by atoms with Gasteiger partial charge in [0.1, 0.15) is 11.6 Å². The molecule has 0 aliphatic rings. The SMILES string of the molecule is Cc1cc(CNC(=O)Cc2c(C)[nH]c3c(F)cccc23)c(C(F)(F)F)o1. The number of hydrogen-bond donors (Lipinski definition) is 2. The molecule has 0 radical (unpaired) electrons. The second-order valence-electron chi connectivity index (χ2n) is 6.05. The van der Waals surface area contributed by atoms with Crippen molar-refractivity contribution in [2.75, 3.05) is 0 Å². The fourth-order valence-electron chi connectivity index (χ4n) is 2.95. The monoisotopic (exact) mass is 368 g/mol. The van der Waals surface area contributed by atoms with E-state index in [0.717, 1.165) is 0 Å². The smallest absolute Gasteiger partial charge is 0.449 e. The van der Waals surface area contributed by atoms with Crippen molar-refractivity contribution in [3.05, 3.63) is 58.4 Å². The third-order valence-corrected chi connectivity index (χ3v) is 4.11. The van der Waals surface area contributed by atoms with Crippen LogP contribution in [0.25, 0.3) is 10.9 Å². The highest BCUT2D eigenvalue weighted by Crippen LogP contribution is 2.34. The van der Waals surface area contributed by atoms with Crippen LogP contribution in [0.15, 0.2) is 28.7 Å². The van der Waals surface area contributed by atoms with Gasteiger partial charge >= 0.3 is 6.18 Å². The van der Waals surface area contributed by atoms with Gasteiger partial charge in [-0.25, -0.2) is 4.39 Å². The summed E-state index contributed by atoms with van der Waals surface area (Å²) in [5.74, 6) is -1.89. The molecule has 2 aromatic heterocycles. The van der Waals surface area contributed by atoms with Crippen LogP contribution < -0.4 is 5.32 Å². The van der Waals surface area contributed by atoms with Crippen molar-refractivity contribution >= 4 is 16.8 Å². The summed E-state index contributed by atoms with van der Waals surface area (Å²) in [6.07, 6.45) is -4.70. The van der Waals surface area contributed by atoms with Crippen LogP contribution in [0, 0.1) is 19.7 Å². The lowest BCUT2D eigenvalue weighted by Crippen LogP contribution is -2.25. The number of alkyl halides is 3. The van der Waals surface area contributed by atoms with Gasteiger partial charge in [0, 0.05) is 23.2 Å². The van der Waals surface area contributed by atoms with Crippen molar-refractivity contribution in [1.29, 1.82) is 0 Å². The van der Waals surface area contributed by atoms with Gasteiger partial charge in [0.2, 0.25) is 11.7 Å². The van der Waals surface area contributed by atoms with E-state index in [1.807, 2.05) is 0 Å². The average Bonchev–Trinajstić information content (AvgIpc) is 3.07. The van der Waals surface area contributed by atoms with E-state index in [0.29, 0.717) is 22.2 Å². The van der Waals surface area contributed by atoms with Gasteiger partial charge < -0.3 is 14.7 Å². The minimum absolute atomic E-state index is 0.0759. The number of hydrogen-bond acceptors (Lipinski definition) is 2. The van der Waals surface area contributed by atoms with Gasteiger partial charge in [-0.1, -0.05) is 12.1 Å². The minimum Gasteiger partial charge on any atom is -0.456 e. The summed E-state index contributed by atoms with van der Waals surface area (Å²) in [4.78, 5) is 15.1. The molecule has 0 saturated heterocycles. The summed E-state index contributed by atoms with van der Waals surface area (Å²) >= 11 is 0. The van der Waals surface area contributed by atoms with Crippen molar-refractivity contribution in [2.45, 2.75) is 33.0 Å². The lowest BCUT2D eigenvalue weighted by atomic mass is 10.1. The van der Waals surface area contributed by atoms with Gasteiger partial charge in [0.15, 0.2) is 0 Å². The van der Waals surface area contributed by atoms with Crippen molar-refractivity contribution in [3.63, 3.8) is 0 Å². The van der Waals surface area contributed by atoms with E-state index < -0.39 is 23.7 Å². The summed E-state index contributed by atoms with van der Waals surface area (Å²) in [5, 5.41) is 3.04. The molecule has 0 atom stereocenters. The molecule has 0 unspecified atom stereocenters. The number of aromatic amines is 1. The average molecular weight is 368 g/mol. The topological polar surface area (TPSA) is 58.0 Å². The molecule has 3 rings (SSSR count). The number of carbonyl (C=O) groups excluding carboxylic acids is 1. The molecule has 1 amide bonds. The molecule has 0 aliphatic heterocycles. The fourth-order valence-corrected chi connectivity index (χ4v) is 2.95. The van der Waals surface area contributed by atoms with Crippen LogP contribution in [-0.4, -0.2) is 10.9 Å². The van der Waals surface area contributed by atoms with Gasteiger partial charge in [-0.05, 0) is 31.5 Å². The standard InChI is InChI=1S/C18H16F4N2O2/c1-9-6-11(17(26-9)18(20,21)22)8-23-15(25)7-13-10(2)24-16-12(13)4-3-5-14(16)19/h3-6,24H,7-8H2,1-2H3,(H,23,25). The number of aryl methyl sites for hydroxylation is 2. The van der Waals surface area contributed by atoms with E-state index in [1.54, 1.807) is 13.0 Å². The van der Waals surface area contributed by atoms with Crippen LogP contribution in [0.4, 0.5) is 17.6 Å². The maximum atomic E-state index is 13.8. The molecule has 0 fully saturated rings. The lowest BCUT2D eigenvalue weighted by molar-refractivity contribution is -0.154. The summed E-state index contributed by atoms with van der Waals surface area (Å²) in [6, 6.07) is 5.78. The predicted molar refractivity (Wildman–Crippen MR) is 87.0 cm³/mol. The van der Waals surface area contributed by atoms with Crippen LogP contribution in [0.5, 0.6) is 0 Å². The highest BCUT2D eigenvalue weighted by Gasteiger charge is 2.37. The van der Waals surface area contributed by atoms with Gasteiger partial charge in [-0.3, -0.25) is 4.79 Å². The number of H-pyrrole nitrogens is 1. The molecule has 2 heterocycles. The number of fused-ring (bicyclic) bond motifs is 1. The zero-order valence-electron chi connectivity index (χ0n) is 14.1. The molecule has 138 valence electrons. The van der Waals surface area contributed by atoms with E-state index in [2.05, 4.69) is 14.7 Å². The van der Waals surface area contributed by atoms with Gasteiger partial charge in [0.05, 0.1) is 11.9 Å². The first-order valence-corrected chi connectivity index (χ1v) is 7.85. The first-order valence-electron chi connectivity index (χ1n) is 7.85. The lowest BCUT2D eigenvalue weighted by Gasteiger charge is -2.08. The van der Waals surface area contributed by atoms with Crippen molar-refractivity contribution < 1.29 is 26.8 Å². The Balaban J connectivity index is 1.75. The number of furan rings is 1. The molecule has 3 aromatic rings. The van der Waals surface area contributed by atoms with Crippen LogP contribution in [0.3, 0.4) is 0 Å². The van der Waals surface area contributed by atoms with E-state index >= 15 is 0 Å². The Bertz CT molecular complexity index is 970. The first kappa shape index (κ1) is 18.0. The largest absolute Gasteiger partial charge is 0.456 e. The molecule has 0 saturated carbocycles. The molecule has 0 bridgehead atoms. The van der Waals surface area contributed by atoms with Gasteiger partial charge in [0.25, 0.3) is 0 Å². The van der Waals surface area contributed by atoms with Crippen molar-refractivity contribution in [2.24, 2.45) is 0 Å². The Hall–Kier alpha value is -2.77. The molecule has 2 N–H and O–H groups in total. The van der Waals surface area contributed by atoms with E-state index in [9.17, 15) is 22.4 Å². The Morgan fingerprint density at radius 3 is 2.69 bits per heavy atom. The number of para-hydroxylation sites is 1. The van der Waals surface area contributed by atoms with E-state index in [4.69, 9.17) is 0 Å². The summed E-state index contributed by atoms with van der Waals surface area (Å²) in [6.45, 7) is 2.81. The van der Waals surface area contributed by atoms with Crippen molar-refractivity contribution in [3.8, 4) is 0 Å². The molecule has 4 nitrogen and oxygen atoms in total. The summed E-state index contributed by atoms with van der Waals surface area (Å²) in [5.41, 5.74) is 1.41. The highest BCUT2D eigenvalue weighted by atomic mass is 19.4. The number of amides is 1. The molecule has 1 aromatic carbocycles. The Morgan fingerprint density at radius 1 is 1.27 bits per heavy atom. The zero-order valence-corrected chi connectivity index (χ0v) is 14.1. The number of halogens is 4. The fraction of sp³-hybridized carbons (Fsp3) is 0.278.